The third-order valence-corrected chi connectivity index (χ3v) is 10.3. The number of carbonyl (C=O) groups is 1. The number of rotatable bonds is 7. The Morgan fingerprint density at radius 1 is 1.19 bits per heavy atom. The van der Waals surface area contributed by atoms with E-state index in [1.165, 1.54) is 24.3 Å². The Bertz CT molecular complexity index is 1230. The van der Waals surface area contributed by atoms with Gasteiger partial charge in [0.25, 0.3) is 0 Å². The molecule has 0 radical (unpaired) electrons. The van der Waals surface area contributed by atoms with E-state index in [0.717, 1.165) is 0 Å². The highest BCUT2D eigenvalue weighted by atomic mass is 35.5. The second-order valence-electron chi connectivity index (χ2n) is 9.63. The topological polar surface area (TPSA) is 90.0 Å². The van der Waals surface area contributed by atoms with Crippen LogP contribution in [-0.4, -0.2) is 72.7 Å². The molecule has 2 aliphatic heterocycles. The SMILES string of the molecule is CC(N1CCN2C(CCS2(=O)=O)C1)C(C)(C(=O)N[C@@H](CO)c1ccc(F)cc1)c1ccc(Cl)c(Cl)c1. The van der Waals surface area contributed by atoms with Crippen molar-refractivity contribution in [3.63, 3.8) is 0 Å². The molecule has 2 heterocycles. The number of benzene rings is 2. The van der Waals surface area contributed by atoms with E-state index in [1.807, 2.05) is 13.8 Å². The molecule has 0 aromatic heterocycles. The van der Waals surface area contributed by atoms with Crippen molar-refractivity contribution >= 4 is 39.1 Å². The lowest BCUT2D eigenvalue weighted by Crippen LogP contribution is -2.61. The van der Waals surface area contributed by atoms with Gasteiger partial charge in [-0.25, -0.2) is 12.8 Å². The summed E-state index contributed by atoms with van der Waals surface area (Å²) in [5, 5.41) is 13.6. The van der Waals surface area contributed by atoms with E-state index in [4.69, 9.17) is 23.2 Å². The zero-order chi connectivity index (χ0) is 26.3. The molecule has 196 valence electrons. The zero-order valence-corrected chi connectivity index (χ0v) is 22.5. The van der Waals surface area contributed by atoms with Crippen LogP contribution in [0.1, 0.15) is 37.4 Å². The molecular weight excluding hydrogens is 528 g/mol. The fourth-order valence-electron chi connectivity index (χ4n) is 5.20. The number of aliphatic hydroxyl groups is 1. The van der Waals surface area contributed by atoms with Crippen molar-refractivity contribution in [2.45, 2.75) is 43.8 Å². The van der Waals surface area contributed by atoms with E-state index >= 15 is 0 Å². The fraction of sp³-hybridized carbons (Fsp3) is 0.480. The molecule has 0 spiro atoms. The summed E-state index contributed by atoms with van der Waals surface area (Å²) < 4.78 is 39.7. The lowest BCUT2D eigenvalue weighted by atomic mass is 9.74. The predicted octanol–water partition coefficient (Wildman–Crippen LogP) is 3.35. The van der Waals surface area contributed by atoms with Gasteiger partial charge in [0.05, 0.1) is 33.9 Å². The number of hydrogen-bond donors (Lipinski definition) is 2. The molecule has 4 rings (SSSR count). The van der Waals surface area contributed by atoms with Crippen LogP contribution in [0.25, 0.3) is 0 Å². The van der Waals surface area contributed by atoms with Gasteiger partial charge in [0.2, 0.25) is 15.9 Å². The Hall–Kier alpha value is -1.75. The van der Waals surface area contributed by atoms with Crippen molar-refractivity contribution in [1.82, 2.24) is 14.5 Å². The molecular formula is C25H30Cl2FN3O4S. The molecule has 2 aromatic rings. The molecule has 2 N–H and O–H groups in total. The van der Waals surface area contributed by atoms with Gasteiger partial charge < -0.3 is 10.4 Å². The molecule has 2 aromatic carbocycles. The van der Waals surface area contributed by atoms with Crippen LogP contribution >= 0.6 is 23.2 Å². The Morgan fingerprint density at radius 3 is 2.53 bits per heavy atom. The first kappa shape index (κ1) is 27.3. The zero-order valence-electron chi connectivity index (χ0n) is 20.1. The Kier molecular flexibility index (Phi) is 8.00. The van der Waals surface area contributed by atoms with Crippen molar-refractivity contribution in [1.29, 1.82) is 0 Å². The van der Waals surface area contributed by atoms with E-state index < -0.39 is 27.3 Å². The van der Waals surface area contributed by atoms with Crippen LogP contribution < -0.4 is 5.32 Å². The normalized spacial score (nSPS) is 23.4. The molecule has 11 heteroatoms. The summed E-state index contributed by atoms with van der Waals surface area (Å²) in [7, 11) is -3.22. The summed E-state index contributed by atoms with van der Waals surface area (Å²) in [6.45, 7) is 4.72. The number of fused-ring (bicyclic) bond motifs is 1. The average Bonchev–Trinajstić information content (AvgIpc) is 3.17. The van der Waals surface area contributed by atoms with Crippen molar-refractivity contribution < 1.29 is 22.7 Å². The molecule has 0 aliphatic carbocycles. The van der Waals surface area contributed by atoms with E-state index in [9.17, 15) is 22.7 Å². The van der Waals surface area contributed by atoms with E-state index in [1.54, 1.807) is 22.5 Å². The number of amides is 1. The first-order chi connectivity index (χ1) is 17.0. The van der Waals surface area contributed by atoms with Crippen LogP contribution in [0, 0.1) is 5.82 Å². The highest BCUT2D eigenvalue weighted by molar-refractivity contribution is 7.89. The average molecular weight is 559 g/mol. The van der Waals surface area contributed by atoms with E-state index in [0.29, 0.717) is 47.2 Å². The van der Waals surface area contributed by atoms with Gasteiger partial charge in [-0.3, -0.25) is 9.69 Å². The first-order valence-corrected chi connectivity index (χ1v) is 14.2. The molecule has 7 nitrogen and oxygen atoms in total. The second-order valence-corrected chi connectivity index (χ2v) is 12.5. The molecule has 0 saturated carbocycles. The fourth-order valence-corrected chi connectivity index (χ4v) is 7.29. The first-order valence-electron chi connectivity index (χ1n) is 11.8. The van der Waals surface area contributed by atoms with Gasteiger partial charge in [-0.2, -0.15) is 4.31 Å². The summed E-state index contributed by atoms with van der Waals surface area (Å²) in [5.41, 5.74) is 0.0711. The maximum Gasteiger partial charge on any atom is 0.232 e. The second kappa shape index (κ2) is 10.6. The smallest absolute Gasteiger partial charge is 0.232 e. The summed E-state index contributed by atoms with van der Waals surface area (Å²) in [6.07, 6.45) is 0.554. The maximum absolute atomic E-state index is 14.0. The molecule has 3 unspecified atom stereocenters. The minimum Gasteiger partial charge on any atom is -0.394 e. The van der Waals surface area contributed by atoms with Gasteiger partial charge in [0.15, 0.2) is 0 Å². The predicted molar refractivity (Wildman–Crippen MR) is 138 cm³/mol. The maximum atomic E-state index is 14.0. The lowest BCUT2D eigenvalue weighted by molar-refractivity contribution is -0.130. The molecule has 0 bridgehead atoms. The van der Waals surface area contributed by atoms with Crippen molar-refractivity contribution in [3.8, 4) is 0 Å². The number of halogens is 3. The van der Waals surface area contributed by atoms with Gasteiger partial charge in [-0.15, -0.1) is 0 Å². The van der Waals surface area contributed by atoms with Crippen LogP contribution in [0.2, 0.25) is 10.0 Å². The number of sulfonamides is 1. The molecule has 36 heavy (non-hydrogen) atoms. The monoisotopic (exact) mass is 557 g/mol. The Morgan fingerprint density at radius 2 is 1.89 bits per heavy atom. The number of nitrogens with zero attached hydrogens (tertiary/aromatic N) is 2. The Balaban J connectivity index is 1.66. The standard InChI is InChI=1S/C25H30Cl2FN3O4S/c1-16(30-10-11-31-20(14-30)9-12-36(31,34)35)25(2,18-5-8-21(26)22(27)13-18)24(33)29-23(15-32)17-3-6-19(28)7-4-17/h3-8,13,16,20,23,32H,9-12,14-15H2,1-2H3,(H,29,33)/t16?,20?,23-,25?/m0/s1. The number of nitrogens with one attached hydrogen (secondary N) is 1. The summed E-state index contributed by atoms with van der Waals surface area (Å²) >= 11 is 12.5. The van der Waals surface area contributed by atoms with Gasteiger partial charge in [-0.1, -0.05) is 41.4 Å². The lowest BCUT2D eigenvalue weighted by Gasteiger charge is -2.46. The van der Waals surface area contributed by atoms with E-state index in [-0.39, 0.29) is 30.4 Å². The third-order valence-electron chi connectivity index (χ3n) is 7.66. The van der Waals surface area contributed by atoms with Crippen LogP contribution in [-0.2, 0) is 20.2 Å². The van der Waals surface area contributed by atoms with Crippen molar-refractivity contribution in [2.24, 2.45) is 0 Å². The summed E-state index contributed by atoms with van der Waals surface area (Å²) in [6, 6.07) is 9.44. The van der Waals surface area contributed by atoms with Crippen LogP contribution in [0.15, 0.2) is 42.5 Å². The van der Waals surface area contributed by atoms with E-state index in [2.05, 4.69) is 10.2 Å². The molecule has 2 fully saturated rings. The van der Waals surface area contributed by atoms with Crippen molar-refractivity contribution in [2.75, 3.05) is 32.0 Å². The summed E-state index contributed by atoms with van der Waals surface area (Å²) in [5.74, 6) is -0.623. The van der Waals surface area contributed by atoms with Gasteiger partial charge >= 0.3 is 0 Å². The minimum atomic E-state index is -3.22. The van der Waals surface area contributed by atoms with Crippen LogP contribution in [0.4, 0.5) is 4.39 Å². The highest BCUT2D eigenvalue weighted by Crippen LogP contribution is 2.37. The number of aliphatic hydroxyl groups excluding tert-OH is 1. The van der Waals surface area contributed by atoms with Gasteiger partial charge in [-0.05, 0) is 55.7 Å². The molecule has 2 aliphatic rings. The number of hydrogen-bond acceptors (Lipinski definition) is 5. The largest absolute Gasteiger partial charge is 0.394 e. The quantitative estimate of drug-likeness (QED) is 0.544. The Labute approximate surface area is 221 Å². The van der Waals surface area contributed by atoms with Crippen molar-refractivity contribution in [3.05, 3.63) is 69.5 Å². The van der Waals surface area contributed by atoms with Gasteiger partial charge in [0, 0.05) is 31.7 Å². The van der Waals surface area contributed by atoms with Gasteiger partial charge in [0.1, 0.15) is 5.82 Å². The molecule has 1 amide bonds. The number of piperazine rings is 1. The summed E-state index contributed by atoms with van der Waals surface area (Å²) in [4.78, 5) is 16.1. The highest BCUT2D eigenvalue weighted by Gasteiger charge is 2.48. The van der Waals surface area contributed by atoms with Crippen LogP contribution in [0.5, 0.6) is 0 Å². The molecule has 4 atom stereocenters. The minimum absolute atomic E-state index is 0.128. The molecule has 2 saturated heterocycles. The van der Waals surface area contributed by atoms with Crippen LogP contribution in [0.3, 0.4) is 0 Å². The third kappa shape index (κ3) is 5.14. The number of carbonyl (C=O) groups excluding carboxylic acids is 1.